The van der Waals surface area contributed by atoms with Gasteiger partial charge in [-0.05, 0) is 35.7 Å². The maximum Gasteiger partial charge on any atom is 0.261 e. The number of nitrogens with zero attached hydrogens (tertiary/aromatic N) is 1. The summed E-state index contributed by atoms with van der Waals surface area (Å²) in [7, 11) is -2.25. The van der Waals surface area contributed by atoms with Crippen LogP contribution in [0.1, 0.15) is 21.3 Å². The Balaban J connectivity index is 1.72. The molecule has 2 heterocycles. The van der Waals surface area contributed by atoms with E-state index in [0.717, 1.165) is 22.2 Å². The smallest absolute Gasteiger partial charge is 0.261 e. The molecule has 0 unspecified atom stereocenters. The van der Waals surface area contributed by atoms with Crippen LogP contribution in [0.2, 0.25) is 0 Å². The van der Waals surface area contributed by atoms with Gasteiger partial charge >= 0.3 is 0 Å². The van der Waals surface area contributed by atoms with Crippen LogP contribution in [-0.4, -0.2) is 45.4 Å². The summed E-state index contributed by atoms with van der Waals surface area (Å²) in [5.74, 6) is -0.730. The van der Waals surface area contributed by atoms with E-state index < -0.39 is 21.9 Å². The average molecular weight is 435 g/mol. The highest BCUT2D eigenvalue weighted by Gasteiger charge is 2.34. The zero-order chi connectivity index (χ0) is 20.6. The van der Waals surface area contributed by atoms with Crippen molar-refractivity contribution in [1.82, 2.24) is 9.62 Å². The number of amides is 1. The number of carbonyl (C=O) groups excluding carboxylic acids is 1. The Hall–Kier alpha value is -2.33. The van der Waals surface area contributed by atoms with Gasteiger partial charge in [0.25, 0.3) is 5.91 Å². The summed E-state index contributed by atoms with van der Waals surface area (Å²) in [5, 5.41) is 3.52. The number of nitrogens with one attached hydrogen (secondary N) is 1. The SMILES string of the molecule is CNC(=O)c1sc2ccccc2c1[C@H]1CN(S(=O)(=O)c2ccc(F)cc2)CCO1. The van der Waals surface area contributed by atoms with E-state index in [1.165, 1.54) is 27.8 Å². The highest BCUT2D eigenvalue weighted by Crippen LogP contribution is 2.38. The van der Waals surface area contributed by atoms with E-state index >= 15 is 0 Å². The fourth-order valence-electron chi connectivity index (χ4n) is 3.44. The molecule has 29 heavy (non-hydrogen) atoms. The van der Waals surface area contributed by atoms with E-state index in [0.29, 0.717) is 10.4 Å². The van der Waals surface area contributed by atoms with E-state index in [4.69, 9.17) is 4.74 Å². The molecular formula is C20H19FN2O4S2. The minimum atomic E-state index is -3.81. The Morgan fingerprint density at radius 3 is 2.66 bits per heavy atom. The molecule has 1 N–H and O–H groups in total. The summed E-state index contributed by atoms with van der Waals surface area (Å²) >= 11 is 1.36. The number of benzene rings is 2. The van der Waals surface area contributed by atoms with Gasteiger partial charge in [-0.1, -0.05) is 18.2 Å². The van der Waals surface area contributed by atoms with E-state index in [-0.39, 0.29) is 30.5 Å². The third-order valence-corrected chi connectivity index (χ3v) is 7.93. The lowest BCUT2D eigenvalue weighted by Crippen LogP contribution is -2.42. The van der Waals surface area contributed by atoms with E-state index in [9.17, 15) is 17.6 Å². The van der Waals surface area contributed by atoms with Gasteiger partial charge in [0.15, 0.2) is 0 Å². The second-order valence-corrected chi connectivity index (χ2v) is 9.59. The Kier molecular flexibility index (Phi) is 5.39. The van der Waals surface area contributed by atoms with Crippen molar-refractivity contribution in [3.05, 3.63) is 64.8 Å². The monoisotopic (exact) mass is 434 g/mol. The van der Waals surface area contributed by atoms with Crippen LogP contribution >= 0.6 is 11.3 Å². The van der Waals surface area contributed by atoms with Crippen LogP contribution in [-0.2, 0) is 14.8 Å². The molecule has 9 heteroatoms. The first-order chi connectivity index (χ1) is 13.9. The number of thiophene rings is 1. The van der Waals surface area contributed by atoms with Crippen molar-refractivity contribution in [3.8, 4) is 0 Å². The zero-order valence-corrected chi connectivity index (χ0v) is 17.2. The van der Waals surface area contributed by atoms with Crippen LogP contribution in [0.3, 0.4) is 0 Å². The number of morpholine rings is 1. The molecule has 3 aromatic rings. The van der Waals surface area contributed by atoms with E-state index in [1.54, 1.807) is 7.05 Å². The molecule has 1 aliphatic heterocycles. The topological polar surface area (TPSA) is 75.7 Å². The number of sulfonamides is 1. The van der Waals surface area contributed by atoms with Crippen LogP contribution in [0.5, 0.6) is 0 Å². The second-order valence-electron chi connectivity index (χ2n) is 6.60. The van der Waals surface area contributed by atoms with Crippen molar-refractivity contribution in [3.63, 3.8) is 0 Å². The van der Waals surface area contributed by atoms with Gasteiger partial charge in [-0.25, -0.2) is 12.8 Å². The molecule has 6 nitrogen and oxygen atoms in total. The molecule has 152 valence electrons. The predicted octanol–water partition coefficient (Wildman–Crippen LogP) is 3.16. The van der Waals surface area contributed by atoms with Gasteiger partial charge in [-0.3, -0.25) is 4.79 Å². The molecule has 0 bridgehead atoms. The summed E-state index contributed by atoms with van der Waals surface area (Å²) in [4.78, 5) is 13.0. The quantitative estimate of drug-likeness (QED) is 0.685. The number of ether oxygens (including phenoxy) is 1. The maximum absolute atomic E-state index is 13.2. The lowest BCUT2D eigenvalue weighted by molar-refractivity contribution is -0.00191. The molecule has 1 aliphatic rings. The minimum Gasteiger partial charge on any atom is -0.371 e. The summed E-state index contributed by atoms with van der Waals surface area (Å²) in [6.45, 7) is 0.459. The van der Waals surface area contributed by atoms with Crippen LogP contribution in [0, 0.1) is 5.82 Å². The molecule has 0 radical (unpaired) electrons. The Labute approximate surface area is 172 Å². The fourth-order valence-corrected chi connectivity index (χ4v) is 6.07. The van der Waals surface area contributed by atoms with Gasteiger partial charge in [0.05, 0.1) is 22.5 Å². The van der Waals surface area contributed by atoms with Crippen molar-refractivity contribution in [2.45, 2.75) is 11.0 Å². The first-order valence-electron chi connectivity index (χ1n) is 9.02. The lowest BCUT2D eigenvalue weighted by atomic mass is 10.0. The standard InChI is InChI=1S/C20H19FN2O4S2/c1-22-20(24)19-18(15-4-2-3-5-17(15)28-19)16-12-23(10-11-27-16)29(25,26)14-8-6-13(21)7-9-14/h2-9,16H,10-12H2,1H3,(H,22,24)/t16-/m1/s1. The van der Waals surface area contributed by atoms with E-state index in [1.807, 2.05) is 24.3 Å². The first kappa shape index (κ1) is 20.0. The number of hydrogen-bond acceptors (Lipinski definition) is 5. The second kappa shape index (κ2) is 7.83. The van der Waals surface area contributed by atoms with Crippen molar-refractivity contribution in [1.29, 1.82) is 0 Å². The molecule has 1 fully saturated rings. The molecule has 1 saturated heterocycles. The number of hydrogen-bond donors (Lipinski definition) is 1. The number of rotatable bonds is 4. The average Bonchev–Trinajstić information content (AvgIpc) is 3.13. The molecule has 0 aliphatic carbocycles. The van der Waals surface area contributed by atoms with Gasteiger partial charge in [-0.15, -0.1) is 11.3 Å². The van der Waals surface area contributed by atoms with Gasteiger partial charge in [0, 0.05) is 30.4 Å². The number of fused-ring (bicyclic) bond motifs is 1. The molecule has 4 rings (SSSR count). The fraction of sp³-hybridized carbons (Fsp3) is 0.250. The normalized spacial score (nSPS) is 18.1. The molecule has 0 spiro atoms. The number of carbonyl (C=O) groups is 1. The Morgan fingerprint density at radius 1 is 1.21 bits per heavy atom. The summed E-state index contributed by atoms with van der Waals surface area (Å²) in [6.07, 6.45) is -0.581. The van der Waals surface area contributed by atoms with Gasteiger partial charge in [-0.2, -0.15) is 4.31 Å². The van der Waals surface area contributed by atoms with Crippen LogP contribution < -0.4 is 5.32 Å². The van der Waals surface area contributed by atoms with Crippen LogP contribution in [0.4, 0.5) is 4.39 Å². The maximum atomic E-state index is 13.2. The van der Waals surface area contributed by atoms with Crippen molar-refractivity contribution in [2.24, 2.45) is 0 Å². The Bertz CT molecular complexity index is 1160. The van der Waals surface area contributed by atoms with Crippen molar-refractivity contribution in [2.75, 3.05) is 26.7 Å². The van der Waals surface area contributed by atoms with Crippen LogP contribution in [0.15, 0.2) is 53.4 Å². The van der Waals surface area contributed by atoms with Crippen LogP contribution in [0.25, 0.3) is 10.1 Å². The Morgan fingerprint density at radius 2 is 1.93 bits per heavy atom. The minimum absolute atomic E-state index is 0.0289. The lowest BCUT2D eigenvalue weighted by Gasteiger charge is -2.32. The summed E-state index contributed by atoms with van der Waals surface area (Å²) in [6, 6.07) is 12.4. The molecule has 2 aromatic carbocycles. The molecule has 1 amide bonds. The highest BCUT2D eigenvalue weighted by atomic mass is 32.2. The summed E-state index contributed by atoms with van der Waals surface area (Å²) in [5.41, 5.74) is 0.698. The number of halogens is 1. The van der Waals surface area contributed by atoms with Crippen molar-refractivity contribution >= 4 is 37.4 Å². The van der Waals surface area contributed by atoms with Gasteiger partial charge in [0.1, 0.15) is 5.82 Å². The van der Waals surface area contributed by atoms with Crippen molar-refractivity contribution < 1.29 is 22.3 Å². The molecular weight excluding hydrogens is 415 g/mol. The van der Waals surface area contributed by atoms with Gasteiger partial charge in [0.2, 0.25) is 10.0 Å². The first-order valence-corrected chi connectivity index (χ1v) is 11.3. The molecule has 0 saturated carbocycles. The molecule has 1 atom stereocenters. The third kappa shape index (κ3) is 3.66. The largest absolute Gasteiger partial charge is 0.371 e. The predicted molar refractivity (Wildman–Crippen MR) is 109 cm³/mol. The molecule has 1 aromatic heterocycles. The summed E-state index contributed by atoms with van der Waals surface area (Å²) < 4.78 is 47.4. The highest BCUT2D eigenvalue weighted by molar-refractivity contribution is 7.89. The zero-order valence-electron chi connectivity index (χ0n) is 15.6. The third-order valence-electron chi connectivity index (χ3n) is 4.87. The van der Waals surface area contributed by atoms with E-state index in [2.05, 4.69) is 5.32 Å². The van der Waals surface area contributed by atoms with Gasteiger partial charge < -0.3 is 10.1 Å².